The molecular formula is C17H18BrClO. The Labute approximate surface area is 133 Å². The maximum atomic E-state index is 10.9. The summed E-state index contributed by atoms with van der Waals surface area (Å²) in [4.78, 5) is 0. The van der Waals surface area contributed by atoms with Crippen LogP contribution < -0.4 is 0 Å². The first-order chi connectivity index (χ1) is 9.32. The summed E-state index contributed by atoms with van der Waals surface area (Å²) in [5.41, 5.74) is 1.70. The molecule has 0 fully saturated rings. The molecule has 1 N–H and O–H groups in total. The van der Waals surface area contributed by atoms with E-state index in [1.807, 2.05) is 24.3 Å². The van der Waals surface area contributed by atoms with Crippen LogP contribution in [0.2, 0.25) is 5.02 Å². The molecule has 0 aromatic heterocycles. The molecule has 0 bridgehead atoms. The van der Waals surface area contributed by atoms with Crippen LogP contribution in [-0.2, 0) is 5.60 Å². The van der Waals surface area contributed by atoms with E-state index in [0.29, 0.717) is 16.5 Å². The minimum Gasteiger partial charge on any atom is -0.381 e. The first-order valence-electron chi connectivity index (χ1n) is 6.60. The molecule has 0 amide bonds. The van der Waals surface area contributed by atoms with Crippen molar-refractivity contribution in [2.24, 2.45) is 0 Å². The fourth-order valence-corrected chi connectivity index (χ4v) is 3.09. The highest BCUT2D eigenvalue weighted by molar-refractivity contribution is 9.10. The number of aliphatic hydroxyl groups is 1. The molecule has 3 heteroatoms. The molecule has 0 saturated carbocycles. The van der Waals surface area contributed by atoms with Crippen molar-refractivity contribution in [3.05, 3.63) is 68.7 Å². The summed E-state index contributed by atoms with van der Waals surface area (Å²) < 4.78 is 0.900. The molecule has 0 radical (unpaired) electrons. The first kappa shape index (κ1) is 15.6. The van der Waals surface area contributed by atoms with Crippen molar-refractivity contribution in [1.82, 2.24) is 0 Å². The van der Waals surface area contributed by atoms with Crippen molar-refractivity contribution in [2.45, 2.75) is 32.3 Å². The van der Waals surface area contributed by atoms with Gasteiger partial charge >= 0.3 is 0 Å². The third-order valence-corrected chi connectivity index (χ3v) is 4.40. The van der Waals surface area contributed by atoms with E-state index in [9.17, 15) is 5.11 Å². The Morgan fingerprint density at radius 3 is 2.20 bits per heavy atom. The third kappa shape index (κ3) is 3.08. The van der Waals surface area contributed by atoms with Crippen LogP contribution in [0, 0.1) is 0 Å². The lowest BCUT2D eigenvalue weighted by Crippen LogP contribution is -2.23. The van der Waals surface area contributed by atoms with Gasteiger partial charge in [-0.15, -0.1) is 0 Å². The second-order valence-electron chi connectivity index (χ2n) is 5.47. The minimum absolute atomic E-state index is 0.477. The molecule has 0 heterocycles. The Morgan fingerprint density at radius 2 is 1.70 bits per heavy atom. The average Bonchev–Trinajstić information content (AvgIpc) is 2.38. The third-order valence-electron chi connectivity index (χ3n) is 3.60. The number of halogens is 2. The zero-order chi connectivity index (χ0) is 14.9. The fourth-order valence-electron chi connectivity index (χ4n) is 2.23. The van der Waals surface area contributed by atoms with E-state index in [4.69, 9.17) is 11.6 Å². The Kier molecular flexibility index (Phi) is 4.58. The molecule has 2 rings (SSSR count). The van der Waals surface area contributed by atoms with Gasteiger partial charge in [-0.2, -0.15) is 0 Å². The van der Waals surface area contributed by atoms with Crippen molar-refractivity contribution in [1.29, 1.82) is 0 Å². The molecule has 2 aromatic carbocycles. The summed E-state index contributed by atoms with van der Waals surface area (Å²) in [7, 11) is 0. The van der Waals surface area contributed by atoms with E-state index < -0.39 is 5.60 Å². The topological polar surface area (TPSA) is 20.2 Å². The second kappa shape index (κ2) is 5.88. The monoisotopic (exact) mass is 352 g/mol. The van der Waals surface area contributed by atoms with Crippen molar-refractivity contribution in [3.8, 4) is 0 Å². The molecule has 0 aliphatic heterocycles. The van der Waals surface area contributed by atoms with Crippen LogP contribution in [0.25, 0.3) is 0 Å². The molecular weight excluding hydrogens is 336 g/mol. The lowest BCUT2D eigenvalue weighted by molar-refractivity contribution is 0.102. The molecule has 106 valence electrons. The number of benzene rings is 2. The fraction of sp³-hybridized carbons (Fsp3) is 0.294. The largest absolute Gasteiger partial charge is 0.381 e. The molecule has 0 aliphatic carbocycles. The summed E-state index contributed by atoms with van der Waals surface area (Å²) in [6.45, 7) is 6.07. The summed E-state index contributed by atoms with van der Waals surface area (Å²) in [5.74, 6) is 0.477. The van der Waals surface area contributed by atoms with Gasteiger partial charge in [0.2, 0.25) is 0 Å². The van der Waals surface area contributed by atoms with Gasteiger partial charge in [0.1, 0.15) is 5.60 Å². The van der Waals surface area contributed by atoms with Gasteiger partial charge in [-0.1, -0.05) is 71.7 Å². The van der Waals surface area contributed by atoms with E-state index >= 15 is 0 Å². The minimum atomic E-state index is -1.10. The second-order valence-corrected chi connectivity index (χ2v) is 6.80. The van der Waals surface area contributed by atoms with Crippen LogP contribution in [0.15, 0.2) is 46.9 Å². The van der Waals surface area contributed by atoms with Crippen LogP contribution in [0.1, 0.15) is 43.4 Å². The van der Waals surface area contributed by atoms with Crippen LogP contribution in [0.3, 0.4) is 0 Å². The van der Waals surface area contributed by atoms with Gasteiger partial charge in [0, 0.05) is 15.1 Å². The van der Waals surface area contributed by atoms with Crippen molar-refractivity contribution in [3.63, 3.8) is 0 Å². The van der Waals surface area contributed by atoms with Crippen LogP contribution in [0.4, 0.5) is 0 Å². The zero-order valence-corrected chi connectivity index (χ0v) is 14.2. The first-order valence-corrected chi connectivity index (χ1v) is 7.78. The molecule has 0 spiro atoms. The van der Waals surface area contributed by atoms with Gasteiger partial charge in [0.05, 0.1) is 0 Å². The van der Waals surface area contributed by atoms with E-state index in [2.05, 4.69) is 41.9 Å². The SMILES string of the molecule is CC(C)c1ccc(C(C)(O)c2ccc(Br)cc2Cl)cc1. The van der Waals surface area contributed by atoms with Gasteiger partial charge in [0.15, 0.2) is 0 Å². The van der Waals surface area contributed by atoms with Crippen molar-refractivity contribution < 1.29 is 5.11 Å². The molecule has 1 atom stereocenters. The van der Waals surface area contributed by atoms with E-state index in [1.165, 1.54) is 5.56 Å². The number of hydrogen-bond donors (Lipinski definition) is 1. The van der Waals surface area contributed by atoms with Crippen molar-refractivity contribution >= 4 is 27.5 Å². The highest BCUT2D eigenvalue weighted by Gasteiger charge is 2.28. The predicted molar refractivity (Wildman–Crippen MR) is 88.4 cm³/mol. The summed E-state index contributed by atoms with van der Waals surface area (Å²) in [6, 6.07) is 13.6. The van der Waals surface area contributed by atoms with Gasteiger partial charge in [0.25, 0.3) is 0 Å². The highest BCUT2D eigenvalue weighted by Crippen LogP contribution is 2.35. The summed E-state index contributed by atoms with van der Waals surface area (Å²) in [5, 5.41) is 11.4. The summed E-state index contributed by atoms with van der Waals surface area (Å²) >= 11 is 9.63. The normalized spacial score (nSPS) is 14.3. The van der Waals surface area contributed by atoms with Gasteiger partial charge in [-0.05, 0) is 36.1 Å². The van der Waals surface area contributed by atoms with Gasteiger partial charge < -0.3 is 5.11 Å². The van der Waals surface area contributed by atoms with E-state index in [0.717, 1.165) is 10.0 Å². The van der Waals surface area contributed by atoms with Crippen LogP contribution in [0.5, 0.6) is 0 Å². The predicted octanol–water partition coefficient (Wildman–Crippen LogP) is 5.48. The van der Waals surface area contributed by atoms with Crippen LogP contribution in [-0.4, -0.2) is 5.11 Å². The van der Waals surface area contributed by atoms with E-state index in [-0.39, 0.29) is 0 Å². The number of hydrogen-bond acceptors (Lipinski definition) is 1. The Hall–Kier alpha value is -0.830. The molecule has 20 heavy (non-hydrogen) atoms. The quantitative estimate of drug-likeness (QED) is 0.774. The molecule has 2 aromatic rings. The Morgan fingerprint density at radius 1 is 1.10 bits per heavy atom. The highest BCUT2D eigenvalue weighted by atomic mass is 79.9. The molecule has 0 aliphatic rings. The van der Waals surface area contributed by atoms with E-state index in [1.54, 1.807) is 13.0 Å². The maximum absolute atomic E-state index is 10.9. The lowest BCUT2D eigenvalue weighted by Gasteiger charge is -2.26. The summed E-state index contributed by atoms with van der Waals surface area (Å²) in [6.07, 6.45) is 0. The Bertz CT molecular complexity index is 603. The Balaban J connectivity index is 2.43. The van der Waals surface area contributed by atoms with Gasteiger partial charge in [-0.3, -0.25) is 0 Å². The molecule has 1 unspecified atom stereocenters. The average molecular weight is 354 g/mol. The van der Waals surface area contributed by atoms with Crippen LogP contribution >= 0.6 is 27.5 Å². The smallest absolute Gasteiger partial charge is 0.113 e. The molecule has 1 nitrogen and oxygen atoms in total. The number of rotatable bonds is 3. The van der Waals surface area contributed by atoms with Gasteiger partial charge in [-0.25, -0.2) is 0 Å². The standard InChI is InChI=1S/C17H18BrClO/c1-11(2)12-4-6-13(7-5-12)17(3,20)15-9-8-14(18)10-16(15)19/h4-11,20H,1-3H3. The maximum Gasteiger partial charge on any atom is 0.113 e. The van der Waals surface area contributed by atoms with Crippen molar-refractivity contribution in [2.75, 3.05) is 0 Å². The zero-order valence-electron chi connectivity index (χ0n) is 11.8. The molecule has 0 saturated heterocycles. The lowest BCUT2D eigenvalue weighted by atomic mass is 9.87.